The molecule has 0 spiro atoms. The molecule has 0 saturated carbocycles. The van der Waals surface area contributed by atoms with Crippen LogP contribution in [0.15, 0.2) is 0 Å². The van der Waals surface area contributed by atoms with Crippen molar-refractivity contribution in [2.75, 3.05) is 13.2 Å². The minimum atomic E-state index is 0.0276. The minimum absolute atomic E-state index is 0.0276. The number of amides is 1. The van der Waals surface area contributed by atoms with Gasteiger partial charge in [-0.3, -0.25) is 4.79 Å². The number of ether oxygens (including phenoxy) is 1. The van der Waals surface area contributed by atoms with Gasteiger partial charge in [0.05, 0.1) is 12.1 Å². The lowest BCUT2D eigenvalue weighted by Gasteiger charge is -2.15. The van der Waals surface area contributed by atoms with Crippen molar-refractivity contribution in [1.29, 1.82) is 0 Å². The number of rotatable bonds is 3. The second kappa shape index (κ2) is 4.42. The van der Waals surface area contributed by atoms with E-state index in [2.05, 4.69) is 5.32 Å². The quantitative estimate of drug-likeness (QED) is 0.610. The fourth-order valence-corrected chi connectivity index (χ4v) is 1.33. The number of hydrogen-bond donors (Lipinski definition) is 2. The largest absolute Gasteiger partial charge is 0.376 e. The Kier molecular flexibility index (Phi) is 3.49. The lowest BCUT2D eigenvalue weighted by molar-refractivity contribution is -0.121. The highest BCUT2D eigenvalue weighted by Gasteiger charge is 2.24. The molecule has 1 heterocycles. The molecule has 0 aromatic rings. The molecule has 2 atom stereocenters. The Hall–Kier alpha value is -0.610. The van der Waals surface area contributed by atoms with E-state index >= 15 is 0 Å². The van der Waals surface area contributed by atoms with Crippen molar-refractivity contribution in [3.8, 4) is 0 Å². The van der Waals surface area contributed by atoms with Crippen LogP contribution in [0.2, 0.25) is 0 Å². The number of carbonyl (C=O) groups is 1. The zero-order valence-corrected chi connectivity index (χ0v) is 7.38. The van der Waals surface area contributed by atoms with Crippen molar-refractivity contribution >= 4 is 5.91 Å². The lowest BCUT2D eigenvalue weighted by atomic mass is 10.1. The molecule has 4 nitrogen and oxygen atoms in total. The van der Waals surface area contributed by atoms with Crippen molar-refractivity contribution in [1.82, 2.24) is 5.32 Å². The van der Waals surface area contributed by atoms with Gasteiger partial charge in [0.15, 0.2) is 0 Å². The van der Waals surface area contributed by atoms with Crippen LogP contribution in [0.5, 0.6) is 0 Å². The monoisotopic (exact) mass is 172 g/mol. The van der Waals surface area contributed by atoms with E-state index in [4.69, 9.17) is 10.5 Å². The van der Waals surface area contributed by atoms with Crippen LogP contribution in [0.3, 0.4) is 0 Å². The molecule has 3 N–H and O–H groups in total. The molecule has 70 valence electrons. The maximum Gasteiger partial charge on any atom is 0.221 e. The molecular weight excluding hydrogens is 156 g/mol. The maximum atomic E-state index is 11.1. The molecule has 12 heavy (non-hydrogen) atoms. The molecule has 0 aliphatic carbocycles. The summed E-state index contributed by atoms with van der Waals surface area (Å²) in [6.07, 6.45) is 1.47. The summed E-state index contributed by atoms with van der Waals surface area (Å²) in [5.74, 6) is 0.0276. The smallest absolute Gasteiger partial charge is 0.221 e. The first-order chi connectivity index (χ1) is 5.74. The van der Waals surface area contributed by atoms with Gasteiger partial charge in [-0.05, 0) is 13.3 Å². The molecule has 4 heteroatoms. The zero-order chi connectivity index (χ0) is 8.97. The van der Waals surface area contributed by atoms with Crippen LogP contribution in [0.1, 0.15) is 19.8 Å². The Morgan fingerprint density at radius 2 is 2.50 bits per heavy atom. The summed E-state index contributed by atoms with van der Waals surface area (Å²) in [6, 6.07) is 0.184. The van der Waals surface area contributed by atoms with Gasteiger partial charge in [0.1, 0.15) is 0 Å². The van der Waals surface area contributed by atoms with Crippen LogP contribution < -0.4 is 11.1 Å². The normalized spacial score (nSPS) is 28.8. The first-order valence-corrected chi connectivity index (χ1v) is 4.35. The minimum Gasteiger partial charge on any atom is -0.376 e. The molecule has 0 aromatic heterocycles. The van der Waals surface area contributed by atoms with Gasteiger partial charge in [-0.2, -0.15) is 0 Å². The molecule has 1 aliphatic rings. The molecule has 1 saturated heterocycles. The second-order valence-electron chi connectivity index (χ2n) is 3.08. The molecule has 0 bridgehead atoms. The van der Waals surface area contributed by atoms with Gasteiger partial charge in [-0.1, -0.05) is 0 Å². The van der Waals surface area contributed by atoms with Gasteiger partial charge in [-0.15, -0.1) is 0 Å². The van der Waals surface area contributed by atoms with Crippen molar-refractivity contribution in [2.24, 2.45) is 5.73 Å². The highest BCUT2D eigenvalue weighted by molar-refractivity contribution is 5.76. The fraction of sp³-hybridized carbons (Fsp3) is 0.875. The first kappa shape index (κ1) is 9.48. The number of nitrogens with one attached hydrogen (secondary N) is 1. The number of hydrogen-bond acceptors (Lipinski definition) is 3. The Morgan fingerprint density at radius 3 is 3.00 bits per heavy atom. The summed E-state index contributed by atoms with van der Waals surface area (Å²) in [4.78, 5) is 11.1. The second-order valence-corrected chi connectivity index (χ2v) is 3.08. The van der Waals surface area contributed by atoms with Crippen molar-refractivity contribution < 1.29 is 9.53 Å². The van der Waals surface area contributed by atoms with Crippen LogP contribution in [0.25, 0.3) is 0 Å². The average molecular weight is 172 g/mol. The van der Waals surface area contributed by atoms with Gasteiger partial charge in [-0.25, -0.2) is 0 Å². The van der Waals surface area contributed by atoms with Gasteiger partial charge in [0.2, 0.25) is 5.91 Å². The standard InChI is InChI=1S/C8H16N2O2/c1-6-7(3-5-12-6)10-8(11)2-4-9/h6-7H,2-5,9H2,1H3,(H,10,11). The summed E-state index contributed by atoms with van der Waals surface area (Å²) in [6.45, 7) is 3.13. The Morgan fingerprint density at radius 1 is 1.75 bits per heavy atom. The van der Waals surface area contributed by atoms with Crippen molar-refractivity contribution in [2.45, 2.75) is 31.9 Å². The molecule has 1 aliphatic heterocycles. The SMILES string of the molecule is CC1OCCC1NC(=O)CCN. The fourth-order valence-electron chi connectivity index (χ4n) is 1.33. The molecule has 1 amide bonds. The third-order valence-electron chi connectivity index (χ3n) is 2.09. The summed E-state index contributed by atoms with van der Waals surface area (Å²) in [5.41, 5.74) is 5.25. The Labute approximate surface area is 72.5 Å². The molecule has 0 radical (unpaired) electrons. The number of nitrogens with two attached hydrogens (primary N) is 1. The molecular formula is C8H16N2O2. The van der Waals surface area contributed by atoms with Crippen LogP contribution in [0, 0.1) is 0 Å². The van der Waals surface area contributed by atoms with Gasteiger partial charge in [0.25, 0.3) is 0 Å². The molecule has 1 fully saturated rings. The first-order valence-electron chi connectivity index (χ1n) is 4.35. The Balaban J connectivity index is 2.25. The lowest BCUT2D eigenvalue weighted by Crippen LogP contribution is -2.39. The van der Waals surface area contributed by atoms with E-state index < -0.39 is 0 Å². The van der Waals surface area contributed by atoms with E-state index in [1.807, 2.05) is 6.92 Å². The zero-order valence-electron chi connectivity index (χ0n) is 7.38. The van der Waals surface area contributed by atoms with E-state index in [9.17, 15) is 4.79 Å². The van der Waals surface area contributed by atoms with Crippen LogP contribution in [-0.4, -0.2) is 31.2 Å². The van der Waals surface area contributed by atoms with Crippen LogP contribution in [-0.2, 0) is 9.53 Å². The summed E-state index contributed by atoms with van der Waals surface area (Å²) in [5, 5.41) is 2.89. The highest BCUT2D eigenvalue weighted by atomic mass is 16.5. The third kappa shape index (κ3) is 2.46. The molecule has 2 unspecified atom stereocenters. The molecule has 0 aromatic carbocycles. The van der Waals surface area contributed by atoms with E-state index in [0.29, 0.717) is 13.0 Å². The van der Waals surface area contributed by atoms with Crippen LogP contribution in [0.4, 0.5) is 0 Å². The predicted octanol–water partition coefficient (Wildman–Crippen LogP) is -0.371. The van der Waals surface area contributed by atoms with Crippen molar-refractivity contribution in [3.63, 3.8) is 0 Å². The summed E-state index contributed by atoms with van der Waals surface area (Å²) in [7, 11) is 0. The van der Waals surface area contributed by atoms with E-state index in [1.165, 1.54) is 0 Å². The average Bonchev–Trinajstić information content (AvgIpc) is 2.37. The topological polar surface area (TPSA) is 64.3 Å². The van der Waals surface area contributed by atoms with Gasteiger partial charge >= 0.3 is 0 Å². The number of carbonyl (C=O) groups excluding carboxylic acids is 1. The van der Waals surface area contributed by atoms with Crippen LogP contribution >= 0.6 is 0 Å². The summed E-state index contributed by atoms with van der Waals surface area (Å²) >= 11 is 0. The van der Waals surface area contributed by atoms with Gasteiger partial charge in [0, 0.05) is 19.6 Å². The summed E-state index contributed by atoms with van der Waals surface area (Å²) < 4.78 is 5.30. The van der Waals surface area contributed by atoms with E-state index in [1.54, 1.807) is 0 Å². The third-order valence-corrected chi connectivity index (χ3v) is 2.09. The predicted molar refractivity (Wildman–Crippen MR) is 45.6 cm³/mol. The van der Waals surface area contributed by atoms with Crippen molar-refractivity contribution in [3.05, 3.63) is 0 Å². The van der Waals surface area contributed by atoms with Gasteiger partial charge < -0.3 is 15.8 Å². The van der Waals surface area contributed by atoms with E-state index in [0.717, 1.165) is 13.0 Å². The molecule has 1 rings (SSSR count). The highest BCUT2D eigenvalue weighted by Crippen LogP contribution is 2.12. The van der Waals surface area contributed by atoms with E-state index in [-0.39, 0.29) is 18.1 Å². The Bertz CT molecular complexity index is 161. The maximum absolute atomic E-state index is 11.1.